The van der Waals surface area contributed by atoms with Crippen molar-refractivity contribution in [3.8, 4) is 5.75 Å². The van der Waals surface area contributed by atoms with Crippen LogP contribution in [0, 0.1) is 0 Å². The Hall–Kier alpha value is -2.29. The molecule has 2 aromatic carbocycles. The molecule has 2 aromatic rings. The van der Waals surface area contributed by atoms with Crippen LogP contribution in [0.5, 0.6) is 5.75 Å². The van der Waals surface area contributed by atoms with Crippen LogP contribution in [0.2, 0.25) is 5.02 Å². The normalized spacial score (nSPS) is 15.2. The molecule has 0 bridgehead atoms. The maximum absolute atomic E-state index is 12.6. The number of hydrogen-bond acceptors (Lipinski definition) is 5. The molecule has 9 heteroatoms. The van der Waals surface area contributed by atoms with Crippen molar-refractivity contribution < 1.29 is 19.1 Å². The van der Waals surface area contributed by atoms with E-state index in [0.717, 1.165) is 16.7 Å². The van der Waals surface area contributed by atoms with Crippen LogP contribution in [-0.4, -0.2) is 35.6 Å². The number of halogens is 2. The highest BCUT2D eigenvalue weighted by Gasteiger charge is 2.36. The third kappa shape index (κ3) is 4.57. The molecule has 0 aromatic heterocycles. The maximum atomic E-state index is 12.6. The number of thioether (sulfide) groups is 1. The van der Waals surface area contributed by atoms with E-state index >= 15 is 0 Å². The van der Waals surface area contributed by atoms with Crippen molar-refractivity contribution in [1.29, 1.82) is 0 Å². The van der Waals surface area contributed by atoms with E-state index in [1.54, 1.807) is 48.5 Å². The van der Waals surface area contributed by atoms with Crippen LogP contribution in [0.4, 0.5) is 10.5 Å². The van der Waals surface area contributed by atoms with Gasteiger partial charge >= 0.3 is 0 Å². The van der Waals surface area contributed by atoms with E-state index in [-0.39, 0.29) is 11.4 Å². The lowest BCUT2D eigenvalue weighted by Gasteiger charge is -2.12. The number of amides is 3. The smallest absolute Gasteiger partial charge is 0.294 e. The topological polar surface area (TPSA) is 75.7 Å². The summed E-state index contributed by atoms with van der Waals surface area (Å²) < 4.78 is 5.95. The van der Waals surface area contributed by atoms with Gasteiger partial charge in [-0.3, -0.25) is 19.3 Å². The minimum absolute atomic E-state index is 0.231. The summed E-state index contributed by atoms with van der Waals surface area (Å²) in [5.41, 5.74) is 1.14. The van der Waals surface area contributed by atoms with Crippen LogP contribution >= 0.6 is 39.3 Å². The molecule has 0 spiro atoms. The van der Waals surface area contributed by atoms with Crippen LogP contribution in [0.15, 0.2) is 51.8 Å². The van der Waals surface area contributed by atoms with E-state index in [9.17, 15) is 14.4 Å². The molecule has 0 aliphatic carbocycles. The molecule has 6 nitrogen and oxygen atoms in total. The van der Waals surface area contributed by atoms with E-state index < -0.39 is 17.1 Å². The standard InChI is InChI=1S/C19H14BrClN2O4S/c1-27-15-5-3-2-4-11(15)8-16-18(25)23(19(26)28-16)10-17(24)22-12-6-7-13(20)14(21)9-12/h2-9H,10H2,1H3,(H,22,24)/b16-8-. The second kappa shape index (κ2) is 8.81. The van der Waals surface area contributed by atoms with Crippen LogP contribution < -0.4 is 10.1 Å². The number of carbonyl (C=O) groups is 3. The Labute approximate surface area is 179 Å². The lowest BCUT2D eigenvalue weighted by atomic mass is 10.2. The van der Waals surface area contributed by atoms with E-state index in [2.05, 4.69) is 21.2 Å². The molecule has 3 amide bonds. The lowest BCUT2D eigenvalue weighted by Crippen LogP contribution is -2.36. The summed E-state index contributed by atoms with van der Waals surface area (Å²) >= 11 is 10.0. The zero-order valence-electron chi connectivity index (χ0n) is 14.6. The zero-order chi connectivity index (χ0) is 20.3. The first-order valence-corrected chi connectivity index (χ1v) is 10.0. The molecule has 1 fully saturated rings. The monoisotopic (exact) mass is 480 g/mol. The van der Waals surface area contributed by atoms with Gasteiger partial charge < -0.3 is 10.1 Å². The van der Waals surface area contributed by atoms with Gasteiger partial charge in [0, 0.05) is 15.7 Å². The van der Waals surface area contributed by atoms with Gasteiger partial charge in [-0.05, 0) is 58.0 Å². The highest BCUT2D eigenvalue weighted by atomic mass is 79.9. The van der Waals surface area contributed by atoms with E-state index in [4.69, 9.17) is 16.3 Å². The summed E-state index contributed by atoms with van der Waals surface area (Å²) in [5, 5.41) is 2.55. The van der Waals surface area contributed by atoms with Gasteiger partial charge in [0.1, 0.15) is 12.3 Å². The van der Waals surface area contributed by atoms with E-state index in [1.807, 2.05) is 0 Å². The van der Waals surface area contributed by atoms with Gasteiger partial charge in [0.05, 0.1) is 17.0 Å². The van der Waals surface area contributed by atoms with Crippen molar-refractivity contribution >= 4 is 68.1 Å². The van der Waals surface area contributed by atoms with Gasteiger partial charge in [-0.15, -0.1) is 0 Å². The second-order valence-corrected chi connectivity index (χ2v) is 7.94. The Morgan fingerprint density at radius 3 is 2.75 bits per heavy atom. The number of carbonyl (C=O) groups excluding carboxylic acids is 3. The lowest BCUT2D eigenvalue weighted by molar-refractivity contribution is -0.127. The average Bonchev–Trinajstić information content (AvgIpc) is 2.92. The molecule has 0 radical (unpaired) electrons. The molecule has 3 rings (SSSR count). The quantitative estimate of drug-likeness (QED) is 0.622. The number of imide groups is 1. The number of rotatable bonds is 5. The molecule has 0 unspecified atom stereocenters. The fraction of sp³-hybridized carbons (Fsp3) is 0.105. The fourth-order valence-electron chi connectivity index (χ4n) is 2.48. The molecule has 1 saturated heterocycles. The third-order valence-electron chi connectivity index (χ3n) is 3.80. The zero-order valence-corrected chi connectivity index (χ0v) is 17.7. The molecule has 1 heterocycles. The molecular weight excluding hydrogens is 468 g/mol. The van der Waals surface area contributed by atoms with Crippen LogP contribution in [0.1, 0.15) is 5.56 Å². The van der Waals surface area contributed by atoms with Gasteiger partial charge in [-0.2, -0.15) is 0 Å². The van der Waals surface area contributed by atoms with Gasteiger partial charge in [0.25, 0.3) is 11.1 Å². The highest BCUT2D eigenvalue weighted by molar-refractivity contribution is 9.10. The van der Waals surface area contributed by atoms with E-state index in [0.29, 0.717) is 26.5 Å². The fourth-order valence-corrected chi connectivity index (χ4v) is 3.74. The van der Waals surface area contributed by atoms with Crippen LogP contribution in [-0.2, 0) is 9.59 Å². The molecule has 1 aliphatic rings. The number of nitrogens with one attached hydrogen (secondary N) is 1. The molecule has 28 heavy (non-hydrogen) atoms. The number of benzene rings is 2. The molecule has 0 atom stereocenters. The minimum atomic E-state index is -0.523. The third-order valence-corrected chi connectivity index (χ3v) is 5.94. The molecular formula is C19H14BrClN2O4S. The minimum Gasteiger partial charge on any atom is -0.496 e. The Bertz CT molecular complexity index is 996. The van der Waals surface area contributed by atoms with Crippen LogP contribution in [0.25, 0.3) is 6.08 Å². The summed E-state index contributed by atoms with van der Waals surface area (Å²) in [4.78, 5) is 38.2. The van der Waals surface area contributed by atoms with Crippen LogP contribution in [0.3, 0.4) is 0 Å². The summed E-state index contributed by atoms with van der Waals surface area (Å²) in [5.74, 6) is -0.441. The summed E-state index contributed by atoms with van der Waals surface area (Å²) in [7, 11) is 1.52. The van der Waals surface area contributed by atoms with Gasteiger partial charge in [0.15, 0.2) is 0 Å². The average molecular weight is 482 g/mol. The SMILES string of the molecule is COc1ccccc1/C=C1\SC(=O)N(CC(=O)Nc2ccc(Br)c(Cl)c2)C1=O. The number of para-hydroxylation sites is 1. The number of hydrogen-bond donors (Lipinski definition) is 1. The van der Waals surface area contributed by atoms with Gasteiger partial charge in [-0.1, -0.05) is 29.8 Å². The molecule has 1 aliphatic heterocycles. The Morgan fingerprint density at radius 1 is 1.29 bits per heavy atom. The van der Waals surface area contributed by atoms with Crippen molar-refractivity contribution in [2.24, 2.45) is 0 Å². The molecule has 144 valence electrons. The Morgan fingerprint density at radius 2 is 2.04 bits per heavy atom. The van der Waals surface area contributed by atoms with Crippen molar-refractivity contribution in [2.75, 3.05) is 19.0 Å². The summed E-state index contributed by atoms with van der Waals surface area (Å²) in [6.07, 6.45) is 1.58. The first kappa shape index (κ1) is 20.4. The summed E-state index contributed by atoms with van der Waals surface area (Å²) in [6, 6.07) is 12.1. The Balaban J connectivity index is 1.72. The van der Waals surface area contributed by atoms with Crippen molar-refractivity contribution in [3.63, 3.8) is 0 Å². The van der Waals surface area contributed by atoms with Gasteiger partial charge in [-0.25, -0.2) is 0 Å². The second-order valence-electron chi connectivity index (χ2n) is 5.69. The summed E-state index contributed by atoms with van der Waals surface area (Å²) in [6.45, 7) is -0.387. The largest absolute Gasteiger partial charge is 0.496 e. The molecule has 1 N–H and O–H groups in total. The number of ether oxygens (including phenoxy) is 1. The van der Waals surface area contributed by atoms with Crippen molar-refractivity contribution in [2.45, 2.75) is 0 Å². The van der Waals surface area contributed by atoms with Crippen molar-refractivity contribution in [3.05, 3.63) is 62.4 Å². The number of anilines is 1. The first-order chi connectivity index (χ1) is 13.4. The predicted molar refractivity (Wildman–Crippen MR) is 113 cm³/mol. The molecule has 0 saturated carbocycles. The maximum Gasteiger partial charge on any atom is 0.294 e. The van der Waals surface area contributed by atoms with Gasteiger partial charge in [0.2, 0.25) is 5.91 Å². The first-order valence-electron chi connectivity index (χ1n) is 8.02. The predicted octanol–water partition coefficient (Wildman–Crippen LogP) is 4.79. The number of methoxy groups -OCH3 is 1. The highest BCUT2D eigenvalue weighted by Crippen LogP contribution is 2.34. The van der Waals surface area contributed by atoms with E-state index in [1.165, 1.54) is 7.11 Å². The number of nitrogens with zero attached hydrogens (tertiary/aromatic N) is 1. The van der Waals surface area contributed by atoms with Crippen molar-refractivity contribution in [1.82, 2.24) is 4.90 Å². The Kier molecular flexibility index (Phi) is 6.43.